The molecule has 1 aliphatic rings. The summed E-state index contributed by atoms with van der Waals surface area (Å²) in [6.45, 7) is 3.94. The van der Waals surface area contributed by atoms with Gasteiger partial charge in [-0.15, -0.1) is 0 Å². The Labute approximate surface area is 95.9 Å². The first kappa shape index (κ1) is 11.5. The number of nitrogens with one attached hydrogen (secondary N) is 1. The summed E-state index contributed by atoms with van der Waals surface area (Å²) in [5.74, 6) is 0.960. The van der Waals surface area contributed by atoms with Crippen molar-refractivity contribution in [1.29, 1.82) is 0 Å². The molecule has 2 rings (SSSR count). The molecule has 0 radical (unpaired) electrons. The topological polar surface area (TPSA) is 63.0 Å². The highest BCUT2D eigenvalue weighted by atomic mass is 16.3. The Morgan fingerprint density at radius 1 is 1.56 bits per heavy atom. The van der Waals surface area contributed by atoms with Gasteiger partial charge in [0.1, 0.15) is 12.2 Å². The second-order valence-corrected chi connectivity index (χ2v) is 4.54. The summed E-state index contributed by atoms with van der Waals surface area (Å²) in [6.07, 6.45) is 5.98. The highest BCUT2D eigenvalue weighted by molar-refractivity contribution is 4.97. The third kappa shape index (κ3) is 2.25. The molecule has 1 aliphatic carbocycles. The molecule has 1 aromatic rings. The van der Waals surface area contributed by atoms with Crippen LogP contribution in [0, 0.1) is 0 Å². The minimum atomic E-state index is -0.0526. The Balaban J connectivity index is 1.91. The van der Waals surface area contributed by atoms with Gasteiger partial charge in [-0.1, -0.05) is 6.92 Å². The average Bonchev–Trinajstić information content (AvgIpc) is 2.66. The van der Waals surface area contributed by atoms with Gasteiger partial charge in [0.15, 0.2) is 0 Å². The second-order valence-electron chi connectivity index (χ2n) is 4.54. The van der Waals surface area contributed by atoms with E-state index in [9.17, 15) is 5.11 Å². The Kier molecular flexibility index (Phi) is 3.56. The Hall–Kier alpha value is -0.940. The molecule has 1 fully saturated rings. The molecule has 16 heavy (non-hydrogen) atoms. The van der Waals surface area contributed by atoms with E-state index in [1.165, 1.54) is 6.42 Å². The van der Waals surface area contributed by atoms with Gasteiger partial charge in [0.25, 0.3) is 0 Å². The lowest BCUT2D eigenvalue weighted by atomic mass is 9.77. The molecule has 0 bridgehead atoms. The largest absolute Gasteiger partial charge is 0.394 e. The second kappa shape index (κ2) is 4.93. The summed E-state index contributed by atoms with van der Waals surface area (Å²) < 4.78 is 1.93. The van der Waals surface area contributed by atoms with Crippen LogP contribution in [0.25, 0.3) is 0 Å². The number of hydrogen-bond acceptors (Lipinski definition) is 4. The molecule has 5 heteroatoms. The standard InChI is InChI=1S/C11H20N4O/c1-2-6-15-10(12-9-14-15)7-13-11(8-16)4-3-5-11/h9,13,16H,2-8H2,1H3. The van der Waals surface area contributed by atoms with Crippen molar-refractivity contribution >= 4 is 0 Å². The zero-order valence-electron chi connectivity index (χ0n) is 9.82. The van der Waals surface area contributed by atoms with Crippen LogP contribution in [-0.2, 0) is 13.1 Å². The maximum Gasteiger partial charge on any atom is 0.140 e. The van der Waals surface area contributed by atoms with Crippen molar-refractivity contribution in [2.75, 3.05) is 6.61 Å². The van der Waals surface area contributed by atoms with Crippen molar-refractivity contribution < 1.29 is 5.11 Å². The molecular weight excluding hydrogens is 204 g/mol. The summed E-state index contributed by atoms with van der Waals surface area (Å²) >= 11 is 0. The molecule has 0 spiro atoms. The van der Waals surface area contributed by atoms with E-state index < -0.39 is 0 Å². The lowest BCUT2D eigenvalue weighted by Gasteiger charge is -2.41. The molecule has 2 N–H and O–H groups in total. The van der Waals surface area contributed by atoms with Gasteiger partial charge in [0, 0.05) is 12.1 Å². The van der Waals surface area contributed by atoms with E-state index in [0.717, 1.165) is 31.6 Å². The number of aryl methyl sites for hydroxylation is 1. The summed E-state index contributed by atoms with van der Waals surface area (Å²) in [6, 6.07) is 0. The predicted molar refractivity (Wildman–Crippen MR) is 60.8 cm³/mol. The Bertz CT molecular complexity index is 327. The Morgan fingerprint density at radius 2 is 2.38 bits per heavy atom. The first-order valence-electron chi connectivity index (χ1n) is 6.02. The van der Waals surface area contributed by atoms with Crippen LogP contribution in [0.2, 0.25) is 0 Å². The van der Waals surface area contributed by atoms with Gasteiger partial charge in [0.05, 0.1) is 13.2 Å². The van der Waals surface area contributed by atoms with Crippen LogP contribution in [0.5, 0.6) is 0 Å². The summed E-state index contributed by atoms with van der Waals surface area (Å²) in [4.78, 5) is 4.24. The van der Waals surface area contributed by atoms with Gasteiger partial charge in [-0.05, 0) is 25.7 Å². The van der Waals surface area contributed by atoms with Gasteiger partial charge in [-0.3, -0.25) is 0 Å². The summed E-state index contributed by atoms with van der Waals surface area (Å²) in [5, 5.41) is 16.9. The maximum absolute atomic E-state index is 9.33. The highest BCUT2D eigenvalue weighted by Gasteiger charge is 2.35. The molecule has 0 amide bonds. The molecule has 0 unspecified atom stereocenters. The van der Waals surface area contributed by atoms with Crippen molar-refractivity contribution in [2.24, 2.45) is 0 Å². The molecule has 0 aromatic carbocycles. The fourth-order valence-electron chi connectivity index (χ4n) is 2.08. The molecule has 1 saturated carbocycles. The van der Waals surface area contributed by atoms with Crippen LogP contribution in [0.3, 0.4) is 0 Å². The first-order valence-corrected chi connectivity index (χ1v) is 6.02. The third-order valence-corrected chi connectivity index (χ3v) is 3.37. The smallest absolute Gasteiger partial charge is 0.140 e. The van der Waals surface area contributed by atoms with E-state index in [0.29, 0.717) is 6.54 Å². The quantitative estimate of drug-likeness (QED) is 0.746. The van der Waals surface area contributed by atoms with Gasteiger partial charge in [-0.25, -0.2) is 9.67 Å². The van der Waals surface area contributed by atoms with Gasteiger partial charge >= 0.3 is 0 Å². The van der Waals surface area contributed by atoms with Crippen molar-refractivity contribution in [3.8, 4) is 0 Å². The SMILES string of the molecule is CCCn1ncnc1CNC1(CO)CCC1. The highest BCUT2D eigenvalue weighted by Crippen LogP contribution is 2.31. The number of nitrogens with zero attached hydrogens (tertiary/aromatic N) is 3. The first-order chi connectivity index (χ1) is 7.79. The minimum absolute atomic E-state index is 0.0526. The van der Waals surface area contributed by atoms with E-state index in [1.54, 1.807) is 6.33 Å². The van der Waals surface area contributed by atoms with E-state index in [2.05, 4.69) is 22.3 Å². The normalized spacial score (nSPS) is 18.4. The van der Waals surface area contributed by atoms with Crippen molar-refractivity contribution in [3.05, 3.63) is 12.2 Å². The van der Waals surface area contributed by atoms with Crippen molar-refractivity contribution in [3.63, 3.8) is 0 Å². The maximum atomic E-state index is 9.33. The van der Waals surface area contributed by atoms with Crippen LogP contribution in [0.4, 0.5) is 0 Å². The van der Waals surface area contributed by atoms with Gasteiger partial charge in [-0.2, -0.15) is 5.10 Å². The van der Waals surface area contributed by atoms with Crippen molar-refractivity contribution in [2.45, 2.75) is 51.2 Å². The molecule has 5 nitrogen and oxygen atoms in total. The monoisotopic (exact) mass is 224 g/mol. The third-order valence-electron chi connectivity index (χ3n) is 3.37. The molecular formula is C11H20N4O. The van der Waals surface area contributed by atoms with Gasteiger partial charge in [0.2, 0.25) is 0 Å². The molecule has 1 heterocycles. The summed E-state index contributed by atoms with van der Waals surface area (Å²) in [5.41, 5.74) is -0.0526. The lowest BCUT2D eigenvalue weighted by Crippen LogP contribution is -2.53. The zero-order valence-corrected chi connectivity index (χ0v) is 9.82. The fourth-order valence-corrected chi connectivity index (χ4v) is 2.08. The van der Waals surface area contributed by atoms with E-state index in [1.807, 2.05) is 4.68 Å². The van der Waals surface area contributed by atoms with Crippen molar-refractivity contribution in [1.82, 2.24) is 20.1 Å². The van der Waals surface area contributed by atoms with Gasteiger partial charge < -0.3 is 10.4 Å². The van der Waals surface area contributed by atoms with E-state index in [4.69, 9.17) is 0 Å². The number of aromatic nitrogens is 3. The molecule has 0 aliphatic heterocycles. The number of aliphatic hydroxyl groups excluding tert-OH is 1. The zero-order chi connectivity index (χ0) is 11.4. The number of rotatable bonds is 6. The summed E-state index contributed by atoms with van der Waals surface area (Å²) in [7, 11) is 0. The van der Waals surface area contributed by atoms with Crippen LogP contribution < -0.4 is 5.32 Å². The average molecular weight is 224 g/mol. The van der Waals surface area contributed by atoms with E-state index in [-0.39, 0.29) is 12.1 Å². The number of hydrogen-bond donors (Lipinski definition) is 2. The van der Waals surface area contributed by atoms with Crippen LogP contribution in [0.15, 0.2) is 6.33 Å². The Morgan fingerprint density at radius 3 is 2.94 bits per heavy atom. The molecule has 1 aromatic heterocycles. The molecule has 0 atom stereocenters. The minimum Gasteiger partial charge on any atom is -0.394 e. The van der Waals surface area contributed by atoms with Crippen LogP contribution >= 0.6 is 0 Å². The van der Waals surface area contributed by atoms with Crippen LogP contribution in [-0.4, -0.2) is 32.0 Å². The number of aliphatic hydroxyl groups is 1. The molecule has 0 saturated heterocycles. The fraction of sp³-hybridized carbons (Fsp3) is 0.818. The molecule has 90 valence electrons. The van der Waals surface area contributed by atoms with Crippen LogP contribution in [0.1, 0.15) is 38.4 Å². The van der Waals surface area contributed by atoms with E-state index >= 15 is 0 Å². The lowest BCUT2D eigenvalue weighted by molar-refractivity contribution is 0.0860. The predicted octanol–water partition coefficient (Wildman–Crippen LogP) is 0.693.